The van der Waals surface area contributed by atoms with Crippen molar-refractivity contribution in [3.8, 4) is 0 Å². The van der Waals surface area contributed by atoms with Gasteiger partial charge >= 0.3 is 6.18 Å². The average molecular weight is 420 g/mol. The highest BCUT2D eigenvalue weighted by Gasteiger charge is 2.32. The van der Waals surface area contributed by atoms with Crippen LogP contribution in [0.2, 0.25) is 0 Å². The Morgan fingerprint density at radius 2 is 1.97 bits per heavy atom. The van der Waals surface area contributed by atoms with Crippen LogP contribution in [-0.4, -0.2) is 48.2 Å². The van der Waals surface area contributed by atoms with Crippen LogP contribution < -0.4 is 10.2 Å². The van der Waals surface area contributed by atoms with Crippen molar-refractivity contribution in [3.05, 3.63) is 53.3 Å². The first-order valence-corrected chi connectivity index (χ1v) is 10.0. The molecule has 30 heavy (non-hydrogen) atoms. The van der Waals surface area contributed by atoms with Crippen LogP contribution in [-0.2, 0) is 10.9 Å². The van der Waals surface area contributed by atoms with Gasteiger partial charge in [-0.25, -0.2) is 9.97 Å². The summed E-state index contributed by atoms with van der Waals surface area (Å²) in [7, 11) is 0. The number of alkyl halides is 3. The molecule has 1 unspecified atom stereocenters. The summed E-state index contributed by atoms with van der Waals surface area (Å²) in [6.45, 7) is 2.65. The number of halogens is 3. The third kappa shape index (κ3) is 4.72. The molecule has 0 radical (unpaired) electrons. The summed E-state index contributed by atoms with van der Waals surface area (Å²) in [5, 5.41) is 2.83. The Labute approximate surface area is 172 Å². The minimum Gasteiger partial charge on any atom is -0.381 e. The highest BCUT2D eigenvalue weighted by atomic mass is 19.4. The van der Waals surface area contributed by atoms with E-state index in [0.29, 0.717) is 31.4 Å². The van der Waals surface area contributed by atoms with E-state index in [1.54, 1.807) is 6.20 Å². The Hall–Kier alpha value is -2.68. The SMILES string of the molecule is O=C(NC1CCN(c2nccc(C3CCOCC3)n2)C1)c1cccc(C(F)(F)F)c1. The number of rotatable bonds is 4. The number of ether oxygens (including phenoxy) is 1. The van der Waals surface area contributed by atoms with Gasteiger partial charge in [0.05, 0.1) is 5.56 Å². The Morgan fingerprint density at radius 3 is 2.73 bits per heavy atom. The van der Waals surface area contributed by atoms with E-state index >= 15 is 0 Å². The zero-order chi connectivity index (χ0) is 21.1. The topological polar surface area (TPSA) is 67.4 Å². The van der Waals surface area contributed by atoms with Gasteiger partial charge in [-0.05, 0) is 43.5 Å². The molecule has 2 fully saturated rings. The molecule has 2 aliphatic rings. The monoisotopic (exact) mass is 420 g/mol. The fraction of sp³-hybridized carbons (Fsp3) is 0.476. The number of aromatic nitrogens is 2. The van der Waals surface area contributed by atoms with Crippen LogP contribution in [0.4, 0.5) is 19.1 Å². The first-order valence-electron chi connectivity index (χ1n) is 10.0. The molecule has 1 amide bonds. The fourth-order valence-corrected chi connectivity index (χ4v) is 3.90. The fourth-order valence-electron chi connectivity index (χ4n) is 3.90. The van der Waals surface area contributed by atoms with Crippen molar-refractivity contribution in [2.24, 2.45) is 0 Å². The van der Waals surface area contributed by atoms with Gasteiger partial charge in [-0.3, -0.25) is 4.79 Å². The van der Waals surface area contributed by atoms with Crippen LogP contribution in [0.3, 0.4) is 0 Å². The maximum atomic E-state index is 12.9. The molecule has 2 aliphatic heterocycles. The van der Waals surface area contributed by atoms with Gasteiger partial charge in [0.1, 0.15) is 0 Å². The van der Waals surface area contributed by atoms with Crippen molar-refractivity contribution < 1.29 is 22.7 Å². The predicted octanol–water partition coefficient (Wildman–Crippen LogP) is 3.40. The highest BCUT2D eigenvalue weighted by molar-refractivity contribution is 5.94. The zero-order valence-electron chi connectivity index (χ0n) is 16.4. The molecule has 1 atom stereocenters. The second-order valence-corrected chi connectivity index (χ2v) is 7.65. The summed E-state index contributed by atoms with van der Waals surface area (Å²) in [4.78, 5) is 23.5. The van der Waals surface area contributed by atoms with Crippen molar-refractivity contribution in [3.63, 3.8) is 0 Å². The summed E-state index contributed by atoms with van der Waals surface area (Å²) in [5.74, 6) is 0.471. The number of carbonyl (C=O) groups excluding carboxylic acids is 1. The summed E-state index contributed by atoms with van der Waals surface area (Å²) >= 11 is 0. The molecular formula is C21H23F3N4O2. The second kappa shape index (κ2) is 8.59. The van der Waals surface area contributed by atoms with E-state index in [9.17, 15) is 18.0 Å². The molecule has 2 saturated heterocycles. The Balaban J connectivity index is 1.38. The van der Waals surface area contributed by atoms with E-state index in [1.165, 1.54) is 12.1 Å². The molecule has 3 heterocycles. The molecule has 1 N–H and O–H groups in total. The lowest BCUT2D eigenvalue weighted by Gasteiger charge is -2.23. The summed E-state index contributed by atoms with van der Waals surface area (Å²) < 4.78 is 44.1. The Morgan fingerprint density at radius 1 is 1.17 bits per heavy atom. The lowest BCUT2D eigenvalue weighted by atomic mass is 9.96. The van der Waals surface area contributed by atoms with Gasteiger partial charge in [-0.2, -0.15) is 13.2 Å². The van der Waals surface area contributed by atoms with Crippen LogP contribution >= 0.6 is 0 Å². The number of carbonyl (C=O) groups is 1. The molecule has 6 nitrogen and oxygen atoms in total. The summed E-state index contributed by atoms with van der Waals surface area (Å²) in [6, 6.07) is 6.22. The molecule has 1 aromatic heterocycles. The zero-order valence-corrected chi connectivity index (χ0v) is 16.4. The first-order chi connectivity index (χ1) is 14.4. The number of anilines is 1. The first kappa shape index (κ1) is 20.6. The molecular weight excluding hydrogens is 397 g/mol. The minimum atomic E-state index is -4.48. The van der Waals surface area contributed by atoms with Crippen LogP contribution in [0.25, 0.3) is 0 Å². The molecule has 0 spiro atoms. The smallest absolute Gasteiger partial charge is 0.381 e. The number of nitrogens with one attached hydrogen (secondary N) is 1. The molecule has 160 valence electrons. The van der Waals surface area contributed by atoms with Crippen molar-refractivity contribution >= 4 is 11.9 Å². The molecule has 0 saturated carbocycles. The van der Waals surface area contributed by atoms with E-state index < -0.39 is 17.6 Å². The number of amides is 1. The maximum absolute atomic E-state index is 12.9. The third-order valence-corrected chi connectivity index (χ3v) is 5.56. The van der Waals surface area contributed by atoms with Crippen LogP contribution in [0.1, 0.15) is 46.8 Å². The van der Waals surface area contributed by atoms with Gasteiger partial charge < -0.3 is 15.0 Å². The van der Waals surface area contributed by atoms with Crippen molar-refractivity contribution in [2.45, 2.75) is 37.4 Å². The van der Waals surface area contributed by atoms with Gasteiger partial charge in [-0.1, -0.05) is 6.07 Å². The van der Waals surface area contributed by atoms with Crippen LogP contribution in [0, 0.1) is 0 Å². The van der Waals surface area contributed by atoms with E-state index in [1.807, 2.05) is 11.0 Å². The van der Waals surface area contributed by atoms with E-state index in [-0.39, 0.29) is 11.6 Å². The summed E-state index contributed by atoms with van der Waals surface area (Å²) in [5.41, 5.74) is 0.169. The van der Waals surface area contributed by atoms with E-state index in [2.05, 4.69) is 10.3 Å². The quantitative estimate of drug-likeness (QED) is 0.821. The Bertz CT molecular complexity index is 900. The number of nitrogens with zero attached hydrogens (tertiary/aromatic N) is 3. The molecule has 2 aromatic rings. The van der Waals surface area contributed by atoms with E-state index in [0.717, 1.165) is 43.9 Å². The normalized spacial score (nSPS) is 20.4. The van der Waals surface area contributed by atoms with Crippen molar-refractivity contribution in [1.82, 2.24) is 15.3 Å². The largest absolute Gasteiger partial charge is 0.416 e. The Kier molecular flexibility index (Phi) is 5.90. The standard InChI is InChI=1S/C21H23F3N4O2/c22-21(23,24)16-3-1-2-15(12-16)19(29)26-17-5-9-28(13-17)20-25-8-4-18(27-20)14-6-10-30-11-7-14/h1-4,8,12,14,17H,5-7,9-11,13H2,(H,26,29). The van der Waals surface area contributed by atoms with Gasteiger partial charge in [0.25, 0.3) is 5.91 Å². The van der Waals surface area contributed by atoms with Crippen molar-refractivity contribution in [2.75, 3.05) is 31.2 Å². The molecule has 9 heteroatoms. The third-order valence-electron chi connectivity index (χ3n) is 5.56. The number of hydrogen-bond acceptors (Lipinski definition) is 5. The highest BCUT2D eigenvalue weighted by Crippen LogP contribution is 2.30. The van der Waals surface area contributed by atoms with Gasteiger partial charge in [0.15, 0.2) is 0 Å². The lowest BCUT2D eigenvalue weighted by molar-refractivity contribution is -0.137. The predicted molar refractivity (Wildman–Crippen MR) is 104 cm³/mol. The van der Waals surface area contributed by atoms with Gasteiger partial charge in [0.2, 0.25) is 5.95 Å². The lowest BCUT2D eigenvalue weighted by Crippen LogP contribution is -2.37. The van der Waals surface area contributed by atoms with Crippen LogP contribution in [0.5, 0.6) is 0 Å². The summed E-state index contributed by atoms with van der Waals surface area (Å²) in [6.07, 6.45) is -0.178. The molecule has 4 rings (SSSR count). The number of hydrogen-bond donors (Lipinski definition) is 1. The van der Waals surface area contributed by atoms with Crippen molar-refractivity contribution in [1.29, 1.82) is 0 Å². The molecule has 0 aliphatic carbocycles. The average Bonchev–Trinajstić information content (AvgIpc) is 3.22. The van der Waals surface area contributed by atoms with E-state index in [4.69, 9.17) is 9.72 Å². The van der Waals surface area contributed by atoms with Gasteiger partial charge in [0, 0.05) is 55.7 Å². The second-order valence-electron chi connectivity index (χ2n) is 7.65. The van der Waals surface area contributed by atoms with Crippen LogP contribution in [0.15, 0.2) is 36.5 Å². The van der Waals surface area contributed by atoms with Gasteiger partial charge in [-0.15, -0.1) is 0 Å². The number of benzene rings is 1. The molecule has 0 bridgehead atoms. The molecule has 1 aromatic carbocycles. The minimum absolute atomic E-state index is 0.000963. The maximum Gasteiger partial charge on any atom is 0.416 e.